The summed E-state index contributed by atoms with van der Waals surface area (Å²) in [4.78, 5) is 31.9. The number of amides is 1. The molecule has 9 heteroatoms. The lowest BCUT2D eigenvalue weighted by molar-refractivity contribution is -0.178. The number of ketones is 1. The molecule has 1 amide bonds. The van der Waals surface area contributed by atoms with Crippen molar-refractivity contribution in [2.45, 2.75) is 83.3 Å². The summed E-state index contributed by atoms with van der Waals surface area (Å²) in [6.07, 6.45) is 14.0. The Labute approximate surface area is 310 Å². The Hall–Kier alpha value is -3.66. The number of rotatable bonds is 11. The molecule has 8 nitrogen and oxygen atoms in total. The van der Waals surface area contributed by atoms with E-state index in [2.05, 4.69) is 43.5 Å². The molecule has 2 heterocycles. The summed E-state index contributed by atoms with van der Waals surface area (Å²) >= 11 is 1.68. The summed E-state index contributed by atoms with van der Waals surface area (Å²) in [5, 5.41) is 26.1. The van der Waals surface area contributed by atoms with E-state index in [0.717, 1.165) is 43.2 Å². The second-order valence-electron chi connectivity index (χ2n) is 16.6. The average molecular weight is 726 g/mol. The van der Waals surface area contributed by atoms with E-state index in [0.29, 0.717) is 43.1 Å². The molecule has 0 aliphatic heterocycles. The number of hydrogen-bond acceptors (Lipinski definition) is 8. The van der Waals surface area contributed by atoms with Crippen LogP contribution in [0.5, 0.6) is 11.5 Å². The van der Waals surface area contributed by atoms with Gasteiger partial charge in [0.15, 0.2) is 17.3 Å². The lowest BCUT2D eigenvalue weighted by Crippen LogP contribution is -2.67. The Morgan fingerprint density at radius 1 is 0.962 bits per heavy atom. The van der Waals surface area contributed by atoms with Gasteiger partial charge in [-0.2, -0.15) is 0 Å². The number of aliphatic hydroxyl groups excluding tert-OH is 1. The monoisotopic (exact) mass is 725 g/mol. The standard InChI is InChI=1S/C43H51NO7S/c1-39-15-11-29(45)25-41(39)18-19-43(31(26-41)38(47)33-8-5-21-51-33)35(39)12-16-40(2)36(43)13-17-42(40,48)27-44(20-14-30-7-6-22-52-30)37(46)24-28-9-10-32(49-3)34(23-28)50-4/h5-10,18-19,21-23,26,29,35-36,45,48H,11-17,20,24-25,27H2,1-4H3/t29?,35-,36-,39-,40+,41+,42-,43-/m1/s1. The van der Waals surface area contributed by atoms with Crippen molar-refractivity contribution in [2.75, 3.05) is 27.3 Å². The van der Waals surface area contributed by atoms with E-state index >= 15 is 0 Å². The Balaban J connectivity index is 1.15. The summed E-state index contributed by atoms with van der Waals surface area (Å²) in [5.74, 6) is 1.53. The highest BCUT2D eigenvalue weighted by Gasteiger charge is 2.74. The first-order valence-electron chi connectivity index (χ1n) is 18.9. The maximum Gasteiger partial charge on any atom is 0.227 e. The Morgan fingerprint density at radius 3 is 2.46 bits per heavy atom. The fraction of sp³-hybridized carbons (Fsp3) is 0.535. The van der Waals surface area contributed by atoms with Crippen molar-refractivity contribution in [3.63, 3.8) is 0 Å². The second-order valence-corrected chi connectivity index (χ2v) is 17.7. The molecule has 2 aromatic heterocycles. The molecule has 276 valence electrons. The van der Waals surface area contributed by atoms with Crippen LogP contribution < -0.4 is 9.47 Å². The highest BCUT2D eigenvalue weighted by Crippen LogP contribution is 2.78. The number of carbonyl (C=O) groups excluding carboxylic acids is 2. The Bertz CT molecular complexity index is 1900. The summed E-state index contributed by atoms with van der Waals surface area (Å²) in [6.45, 7) is 5.32. The predicted octanol–water partition coefficient (Wildman–Crippen LogP) is 7.45. The van der Waals surface area contributed by atoms with Crippen LogP contribution >= 0.6 is 11.3 Å². The average Bonchev–Trinajstić information content (AvgIpc) is 3.92. The van der Waals surface area contributed by atoms with Gasteiger partial charge in [-0.1, -0.05) is 44.2 Å². The molecule has 3 aromatic rings. The van der Waals surface area contributed by atoms with Crippen LogP contribution in [0.15, 0.2) is 82.3 Å². The molecule has 6 aliphatic rings. The topological polar surface area (TPSA) is 109 Å². The van der Waals surface area contributed by atoms with Gasteiger partial charge in [0.2, 0.25) is 11.7 Å². The van der Waals surface area contributed by atoms with Crippen LogP contribution in [0, 0.1) is 33.5 Å². The molecule has 3 fully saturated rings. The lowest BCUT2D eigenvalue weighted by atomic mass is 9.32. The van der Waals surface area contributed by atoms with E-state index in [9.17, 15) is 19.8 Å². The number of nitrogens with zero attached hydrogens (tertiary/aromatic N) is 1. The fourth-order valence-corrected chi connectivity index (χ4v) is 12.4. The number of carbonyl (C=O) groups is 2. The summed E-state index contributed by atoms with van der Waals surface area (Å²) in [6, 6.07) is 13.2. The van der Waals surface area contributed by atoms with Crippen LogP contribution in [0.4, 0.5) is 0 Å². The quantitative estimate of drug-likeness (QED) is 0.156. The SMILES string of the molecule is COc1ccc(CC(=O)N(CCc2cccs2)C[C@]2(O)CC[C@H]3[C@]45C=C[C@@]6(C=C4C(=O)c4ccco4)CC(O)CC[C@]6(C)[C@H]5CC[C@@]32C)cc1OC. The minimum Gasteiger partial charge on any atom is -0.493 e. The number of fused-ring (bicyclic) bond motifs is 1. The predicted molar refractivity (Wildman–Crippen MR) is 199 cm³/mol. The van der Waals surface area contributed by atoms with E-state index < -0.39 is 27.9 Å². The first kappa shape index (κ1) is 35.4. The van der Waals surface area contributed by atoms with Gasteiger partial charge in [-0.15, -0.1) is 11.3 Å². The Kier molecular flexibility index (Phi) is 8.66. The normalized spacial score (nSPS) is 35.7. The molecule has 6 aliphatic carbocycles. The first-order chi connectivity index (χ1) is 24.9. The molecule has 1 aromatic carbocycles. The number of thiophene rings is 1. The molecule has 1 unspecified atom stereocenters. The number of aliphatic hydroxyl groups is 2. The zero-order valence-corrected chi connectivity index (χ0v) is 31.5. The molecular formula is C43H51NO7S. The van der Waals surface area contributed by atoms with Crippen LogP contribution in [-0.4, -0.2) is 65.8 Å². The number of methoxy groups -OCH3 is 2. The number of ether oxygens (including phenoxy) is 2. The minimum absolute atomic E-state index is 0.0211. The van der Waals surface area contributed by atoms with Crippen molar-refractivity contribution in [3.8, 4) is 11.5 Å². The molecule has 2 spiro atoms. The number of allylic oxidation sites excluding steroid dienone is 4. The molecule has 0 radical (unpaired) electrons. The molecule has 9 rings (SSSR count). The van der Waals surface area contributed by atoms with Gasteiger partial charge >= 0.3 is 0 Å². The van der Waals surface area contributed by atoms with Gasteiger partial charge in [-0.05, 0) is 110 Å². The fourth-order valence-electron chi connectivity index (χ4n) is 11.7. The second kappa shape index (κ2) is 12.7. The lowest BCUT2D eigenvalue weighted by Gasteiger charge is -2.71. The van der Waals surface area contributed by atoms with Crippen LogP contribution in [0.1, 0.15) is 79.8 Å². The van der Waals surface area contributed by atoms with Crippen molar-refractivity contribution in [3.05, 3.63) is 94.1 Å². The van der Waals surface area contributed by atoms with Crippen molar-refractivity contribution >= 4 is 23.0 Å². The molecule has 8 atom stereocenters. The number of Topliss-reactive ketones (excluding diaryl/α,β-unsaturated/α-hetero) is 1. The number of furan rings is 1. The van der Waals surface area contributed by atoms with Gasteiger partial charge in [-0.25, -0.2) is 0 Å². The zero-order chi connectivity index (χ0) is 36.5. The molecule has 3 saturated carbocycles. The Morgan fingerprint density at radius 2 is 1.73 bits per heavy atom. The summed E-state index contributed by atoms with van der Waals surface area (Å²) in [7, 11) is 3.18. The largest absolute Gasteiger partial charge is 0.493 e. The van der Waals surface area contributed by atoms with Gasteiger partial charge in [0.1, 0.15) is 0 Å². The van der Waals surface area contributed by atoms with Gasteiger partial charge < -0.3 is 29.0 Å². The van der Waals surface area contributed by atoms with E-state index in [4.69, 9.17) is 13.9 Å². The van der Waals surface area contributed by atoms with Crippen LogP contribution in [0.3, 0.4) is 0 Å². The smallest absolute Gasteiger partial charge is 0.227 e. The van der Waals surface area contributed by atoms with E-state index in [1.54, 1.807) is 44.0 Å². The highest BCUT2D eigenvalue weighted by atomic mass is 32.1. The summed E-state index contributed by atoms with van der Waals surface area (Å²) in [5.41, 5.74) is -1.27. The van der Waals surface area contributed by atoms with E-state index in [-0.39, 0.29) is 41.9 Å². The highest BCUT2D eigenvalue weighted by molar-refractivity contribution is 7.09. The van der Waals surface area contributed by atoms with Crippen LogP contribution in [-0.2, 0) is 17.6 Å². The van der Waals surface area contributed by atoms with E-state index in [1.165, 1.54) is 4.88 Å². The van der Waals surface area contributed by atoms with Gasteiger partial charge in [0, 0.05) is 39.8 Å². The molecule has 2 N–H and O–H groups in total. The first-order valence-corrected chi connectivity index (χ1v) is 19.7. The number of hydrogen-bond donors (Lipinski definition) is 2. The summed E-state index contributed by atoms with van der Waals surface area (Å²) < 4.78 is 16.7. The van der Waals surface area contributed by atoms with Gasteiger partial charge in [-0.3, -0.25) is 9.59 Å². The third kappa shape index (κ3) is 5.12. The third-order valence-electron chi connectivity index (χ3n) is 14.5. The van der Waals surface area contributed by atoms with Crippen LogP contribution in [0.25, 0.3) is 0 Å². The van der Waals surface area contributed by atoms with Crippen molar-refractivity contribution in [2.24, 2.45) is 33.5 Å². The van der Waals surface area contributed by atoms with Gasteiger partial charge in [0.25, 0.3) is 0 Å². The van der Waals surface area contributed by atoms with Crippen LogP contribution in [0.2, 0.25) is 0 Å². The van der Waals surface area contributed by atoms with Crippen molar-refractivity contribution in [1.29, 1.82) is 0 Å². The molecule has 0 saturated heterocycles. The number of benzene rings is 1. The molecule has 52 heavy (non-hydrogen) atoms. The maximum atomic E-state index is 14.5. The maximum absolute atomic E-state index is 14.5. The van der Waals surface area contributed by atoms with Crippen molar-refractivity contribution in [1.82, 2.24) is 4.90 Å². The van der Waals surface area contributed by atoms with E-state index in [1.807, 2.05) is 29.2 Å². The zero-order valence-electron chi connectivity index (χ0n) is 30.7. The molecule has 2 bridgehead atoms. The third-order valence-corrected chi connectivity index (χ3v) is 15.5. The van der Waals surface area contributed by atoms with Crippen molar-refractivity contribution < 1.29 is 33.7 Å². The van der Waals surface area contributed by atoms with Gasteiger partial charge in [0.05, 0.1) is 38.6 Å². The minimum atomic E-state index is -1.16. The molecular weight excluding hydrogens is 675 g/mol.